The number of para-hydroxylation sites is 1. The summed E-state index contributed by atoms with van der Waals surface area (Å²) in [4.78, 5) is 2.38. The van der Waals surface area contributed by atoms with Gasteiger partial charge in [0.2, 0.25) is 0 Å². The van der Waals surface area contributed by atoms with Crippen molar-refractivity contribution in [2.75, 3.05) is 14.2 Å². The molecule has 0 aliphatic rings. The predicted molar refractivity (Wildman–Crippen MR) is 84.1 cm³/mol. The van der Waals surface area contributed by atoms with Crippen LogP contribution in [0, 0.1) is 0 Å². The van der Waals surface area contributed by atoms with Gasteiger partial charge in [-0.15, -0.1) is 0 Å². The van der Waals surface area contributed by atoms with Gasteiger partial charge < -0.3 is 4.74 Å². The third-order valence-electron chi connectivity index (χ3n) is 3.74. The van der Waals surface area contributed by atoms with Crippen LogP contribution in [0.4, 0.5) is 0 Å². The van der Waals surface area contributed by atoms with Crippen molar-refractivity contribution >= 4 is 0 Å². The second kappa shape index (κ2) is 7.11. The number of nitrogens with zero attached hydrogens (tertiary/aromatic N) is 1. The number of benzene rings is 2. The maximum Gasteiger partial charge on any atom is 0.122 e. The molecule has 0 aromatic heterocycles. The SMILES string of the molecule is COc1ccccc1CC(C)N(C)Cc1ccccc1. The Labute approximate surface area is 122 Å². The van der Waals surface area contributed by atoms with Crippen LogP contribution in [0.15, 0.2) is 54.6 Å². The van der Waals surface area contributed by atoms with E-state index in [4.69, 9.17) is 4.74 Å². The molecule has 0 radical (unpaired) electrons. The van der Waals surface area contributed by atoms with Crippen molar-refractivity contribution in [3.63, 3.8) is 0 Å². The molecule has 1 unspecified atom stereocenters. The zero-order chi connectivity index (χ0) is 14.4. The smallest absolute Gasteiger partial charge is 0.122 e. The highest BCUT2D eigenvalue weighted by Gasteiger charge is 2.12. The summed E-state index contributed by atoms with van der Waals surface area (Å²) in [5.41, 5.74) is 2.62. The van der Waals surface area contributed by atoms with Crippen LogP contribution in [0.25, 0.3) is 0 Å². The van der Waals surface area contributed by atoms with Crippen LogP contribution >= 0.6 is 0 Å². The molecule has 20 heavy (non-hydrogen) atoms. The highest BCUT2D eigenvalue weighted by molar-refractivity contribution is 5.33. The molecule has 0 spiro atoms. The summed E-state index contributed by atoms with van der Waals surface area (Å²) in [5.74, 6) is 0.979. The van der Waals surface area contributed by atoms with E-state index in [0.717, 1.165) is 18.7 Å². The lowest BCUT2D eigenvalue weighted by molar-refractivity contribution is 0.246. The van der Waals surface area contributed by atoms with Crippen molar-refractivity contribution in [2.24, 2.45) is 0 Å². The fourth-order valence-corrected chi connectivity index (χ4v) is 2.37. The Morgan fingerprint density at radius 1 is 1.00 bits per heavy atom. The number of ether oxygens (including phenoxy) is 1. The Kier molecular flexibility index (Phi) is 5.19. The molecule has 0 heterocycles. The molecule has 0 fully saturated rings. The van der Waals surface area contributed by atoms with Crippen molar-refractivity contribution in [3.8, 4) is 5.75 Å². The van der Waals surface area contributed by atoms with E-state index in [1.54, 1.807) is 7.11 Å². The Morgan fingerprint density at radius 2 is 1.65 bits per heavy atom. The van der Waals surface area contributed by atoms with Gasteiger partial charge in [0.05, 0.1) is 7.11 Å². The van der Waals surface area contributed by atoms with Crippen LogP contribution in [-0.2, 0) is 13.0 Å². The number of rotatable bonds is 6. The maximum atomic E-state index is 5.43. The lowest BCUT2D eigenvalue weighted by Crippen LogP contribution is -2.30. The first-order valence-corrected chi connectivity index (χ1v) is 7.06. The summed E-state index contributed by atoms with van der Waals surface area (Å²) in [5, 5.41) is 0. The summed E-state index contributed by atoms with van der Waals surface area (Å²) < 4.78 is 5.43. The summed E-state index contributed by atoms with van der Waals surface area (Å²) in [7, 11) is 3.91. The predicted octanol–water partition coefficient (Wildman–Crippen LogP) is 3.76. The minimum Gasteiger partial charge on any atom is -0.496 e. The number of methoxy groups -OCH3 is 1. The second-order valence-electron chi connectivity index (χ2n) is 5.27. The lowest BCUT2D eigenvalue weighted by atomic mass is 10.0. The van der Waals surface area contributed by atoms with Gasteiger partial charge in [0.25, 0.3) is 0 Å². The van der Waals surface area contributed by atoms with Gasteiger partial charge >= 0.3 is 0 Å². The number of likely N-dealkylation sites (N-methyl/N-ethyl adjacent to an activating group) is 1. The molecule has 106 valence electrons. The Morgan fingerprint density at radius 3 is 2.35 bits per heavy atom. The van der Waals surface area contributed by atoms with Crippen LogP contribution in [0.3, 0.4) is 0 Å². The van der Waals surface area contributed by atoms with Gasteiger partial charge in [0, 0.05) is 12.6 Å². The molecular formula is C18H23NO. The molecule has 0 aliphatic heterocycles. The Hall–Kier alpha value is -1.80. The summed E-state index contributed by atoms with van der Waals surface area (Å²) >= 11 is 0. The van der Waals surface area contributed by atoms with Crippen LogP contribution in [0.2, 0.25) is 0 Å². The van der Waals surface area contributed by atoms with Crippen molar-refractivity contribution in [3.05, 3.63) is 65.7 Å². The second-order valence-corrected chi connectivity index (χ2v) is 5.27. The van der Waals surface area contributed by atoms with E-state index in [1.807, 2.05) is 12.1 Å². The van der Waals surface area contributed by atoms with Crippen molar-refractivity contribution in [1.82, 2.24) is 4.90 Å². The molecular weight excluding hydrogens is 246 g/mol. The average molecular weight is 269 g/mol. The molecule has 0 bridgehead atoms. The summed E-state index contributed by atoms with van der Waals surface area (Å²) in [6.07, 6.45) is 0.993. The molecule has 2 nitrogen and oxygen atoms in total. The topological polar surface area (TPSA) is 12.5 Å². The van der Waals surface area contributed by atoms with Gasteiger partial charge in [-0.1, -0.05) is 48.5 Å². The van der Waals surface area contributed by atoms with E-state index >= 15 is 0 Å². The zero-order valence-electron chi connectivity index (χ0n) is 12.5. The van der Waals surface area contributed by atoms with Crippen LogP contribution < -0.4 is 4.74 Å². The van der Waals surface area contributed by atoms with Crippen molar-refractivity contribution in [1.29, 1.82) is 0 Å². The van der Waals surface area contributed by atoms with E-state index in [-0.39, 0.29) is 0 Å². The Balaban J connectivity index is 1.99. The van der Waals surface area contributed by atoms with Gasteiger partial charge in [0.1, 0.15) is 5.75 Å². The minimum absolute atomic E-state index is 0.464. The number of hydrogen-bond donors (Lipinski definition) is 0. The van der Waals surface area contributed by atoms with Crippen molar-refractivity contribution < 1.29 is 4.74 Å². The normalized spacial score (nSPS) is 12.4. The largest absolute Gasteiger partial charge is 0.496 e. The average Bonchev–Trinajstić information content (AvgIpc) is 2.48. The molecule has 2 aromatic rings. The first kappa shape index (κ1) is 14.6. The quantitative estimate of drug-likeness (QED) is 0.791. The van der Waals surface area contributed by atoms with Crippen molar-refractivity contribution in [2.45, 2.75) is 25.9 Å². The molecule has 0 saturated carbocycles. The van der Waals surface area contributed by atoms with E-state index in [2.05, 4.69) is 61.3 Å². The fourth-order valence-electron chi connectivity index (χ4n) is 2.37. The van der Waals surface area contributed by atoms with Gasteiger partial charge in [-0.3, -0.25) is 4.90 Å². The molecule has 0 amide bonds. The van der Waals surface area contributed by atoms with E-state index in [9.17, 15) is 0 Å². The van der Waals surface area contributed by atoms with Crippen LogP contribution in [-0.4, -0.2) is 25.1 Å². The lowest BCUT2D eigenvalue weighted by Gasteiger charge is -2.25. The van der Waals surface area contributed by atoms with Gasteiger partial charge in [-0.05, 0) is 37.6 Å². The van der Waals surface area contributed by atoms with Gasteiger partial charge in [-0.2, -0.15) is 0 Å². The molecule has 2 rings (SSSR count). The standard InChI is InChI=1S/C18H23NO/c1-15(13-17-11-7-8-12-18(17)20-3)19(2)14-16-9-5-4-6-10-16/h4-12,15H,13-14H2,1-3H3. The van der Waals surface area contributed by atoms with Gasteiger partial charge in [0.15, 0.2) is 0 Å². The van der Waals surface area contributed by atoms with Crippen LogP contribution in [0.1, 0.15) is 18.1 Å². The minimum atomic E-state index is 0.464. The highest BCUT2D eigenvalue weighted by atomic mass is 16.5. The molecule has 0 saturated heterocycles. The molecule has 1 atom stereocenters. The molecule has 0 N–H and O–H groups in total. The zero-order valence-corrected chi connectivity index (χ0v) is 12.5. The third kappa shape index (κ3) is 3.84. The maximum absolute atomic E-state index is 5.43. The monoisotopic (exact) mass is 269 g/mol. The highest BCUT2D eigenvalue weighted by Crippen LogP contribution is 2.20. The third-order valence-corrected chi connectivity index (χ3v) is 3.74. The first-order chi connectivity index (χ1) is 9.70. The van der Waals surface area contributed by atoms with E-state index in [1.165, 1.54) is 11.1 Å². The first-order valence-electron chi connectivity index (χ1n) is 7.06. The van der Waals surface area contributed by atoms with E-state index in [0.29, 0.717) is 6.04 Å². The molecule has 0 aliphatic carbocycles. The molecule has 2 heteroatoms. The number of hydrogen-bond acceptors (Lipinski definition) is 2. The van der Waals surface area contributed by atoms with Crippen LogP contribution in [0.5, 0.6) is 5.75 Å². The van der Waals surface area contributed by atoms with E-state index < -0.39 is 0 Å². The fraction of sp³-hybridized carbons (Fsp3) is 0.333. The summed E-state index contributed by atoms with van der Waals surface area (Å²) in [6.45, 7) is 3.23. The molecule has 2 aromatic carbocycles. The Bertz CT molecular complexity index is 524. The summed E-state index contributed by atoms with van der Waals surface area (Å²) in [6, 6.07) is 19.3. The van der Waals surface area contributed by atoms with Gasteiger partial charge in [-0.25, -0.2) is 0 Å².